The molecule has 0 fully saturated rings. The molecule has 1 atom stereocenters. The van der Waals surface area contributed by atoms with Gasteiger partial charge in [-0.3, -0.25) is 9.59 Å². The van der Waals surface area contributed by atoms with Gasteiger partial charge in [-0.25, -0.2) is 0 Å². The minimum Gasteiger partial charge on any atom is -0.490 e. The average Bonchev–Trinajstić information content (AvgIpc) is 2.77. The van der Waals surface area contributed by atoms with E-state index in [2.05, 4.69) is 5.32 Å². The van der Waals surface area contributed by atoms with Crippen molar-refractivity contribution < 1.29 is 19.1 Å². The number of hydrogen-bond acceptors (Lipinski definition) is 4. The Balaban J connectivity index is 2.24. The summed E-state index contributed by atoms with van der Waals surface area (Å²) in [5.41, 5.74) is 1.25. The SMILES string of the molecule is CCOc1ccc(CCC(=O)N(Cc2ccc(Cl)cc2Cl)[C@@H](C)C(=O)NC(C)(C)C)cc1OCC. The van der Waals surface area contributed by atoms with Crippen molar-refractivity contribution in [2.24, 2.45) is 0 Å². The zero-order valence-corrected chi connectivity index (χ0v) is 22.9. The van der Waals surface area contributed by atoms with Gasteiger partial charge in [0.15, 0.2) is 11.5 Å². The summed E-state index contributed by atoms with van der Waals surface area (Å²) in [5, 5.41) is 3.92. The number of halogens is 2. The smallest absolute Gasteiger partial charge is 0.242 e. The molecule has 0 heterocycles. The molecule has 192 valence electrons. The van der Waals surface area contributed by atoms with Crippen LogP contribution < -0.4 is 14.8 Å². The predicted octanol–water partition coefficient (Wildman–Crippen LogP) is 6.06. The van der Waals surface area contributed by atoms with Crippen molar-refractivity contribution in [1.29, 1.82) is 0 Å². The molecule has 0 aromatic heterocycles. The fourth-order valence-electron chi connectivity index (χ4n) is 3.54. The number of amides is 2. The van der Waals surface area contributed by atoms with Crippen LogP contribution in [0.15, 0.2) is 36.4 Å². The third kappa shape index (κ3) is 8.93. The van der Waals surface area contributed by atoms with Gasteiger partial charge >= 0.3 is 0 Å². The van der Waals surface area contributed by atoms with E-state index in [4.69, 9.17) is 32.7 Å². The van der Waals surface area contributed by atoms with Crippen molar-refractivity contribution in [3.05, 3.63) is 57.6 Å². The van der Waals surface area contributed by atoms with Gasteiger partial charge in [0.1, 0.15) is 6.04 Å². The van der Waals surface area contributed by atoms with Crippen LogP contribution in [0.25, 0.3) is 0 Å². The molecule has 0 aliphatic rings. The molecule has 0 unspecified atom stereocenters. The Hall–Kier alpha value is -2.44. The molecule has 35 heavy (non-hydrogen) atoms. The van der Waals surface area contributed by atoms with Crippen LogP contribution in [0.3, 0.4) is 0 Å². The quantitative estimate of drug-likeness (QED) is 0.389. The Labute approximate surface area is 218 Å². The summed E-state index contributed by atoms with van der Waals surface area (Å²) in [5.74, 6) is 0.952. The van der Waals surface area contributed by atoms with Crippen LogP contribution in [0.1, 0.15) is 59.1 Å². The molecule has 0 spiro atoms. The second kappa shape index (κ2) is 13.0. The monoisotopic (exact) mass is 522 g/mol. The lowest BCUT2D eigenvalue weighted by Gasteiger charge is -2.31. The predicted molar refractivity (Wildman–Crippen MR) is 141 cm³/mol. The van der Waals surface area contributed by atoms with E-state index in [0.717, 1.165) is 11.1 Å². The van der Waals surface area contributed by atoms with Crippen molar-refractivity contribution in [2.45, 2.75) is 72.5 Å². The van der Waals surface area contributed by atoms with Crippen molar-refractivity contribution in [3.8, 4) is 11.5 Å². The van der Waals surface area contributed by atoms with Crippen LogP contribution in [-0.4, -0.2) is 41.5 Å². The Morgan fingerprint density at radius 1 is 1.00 bits per heavy atom. The van der Waals surface area contributed by atoms with Gasteiger partial charge in [-0.2, -0.15) is 0 Å². The van der Waals surface area contributed by atoms with E-state index >= 15 is 0 Å². The Morgan fingerprint density at radius 2 is 1.66 bits per heavy atom. The van der Waals surface area contributed by atoms with E-state index in [1.807, 2.05) is 52.8 Å². The first-order valence-corrected chi connectivity index (χ1v) is 12.6. The highest BCUT2D eigenvalue weighted by molar-refractivity contribution is 6.35. The lowest BCUT2D eigenvalue weighted by Crippen LogP contribution is -2.52. The zero-order valence-electron chi connectivity index (χ0n) is 21.4. The largest absolute Gasteiger partial charge is 0.490 e. The maximum absolute atomic E-state index is 13.4. The number of hydrogen-bond donors (Lipinski definition) is 1. The summed E-state index contributed by atoms with van der Waals surface area (Å²) in [4.78, 5) is 27.9. The van der Waals surface area contributed by atoms with Crippen LogP contribution in [0.2, 0.25) is 10.0 Å². The molecule has 2 aromatic carbocycles. The number of aryl methyl sites for hydroxylation is 1. The molecule has 6 nitrogen and oxygen atoms in total. The highest BCUT2D eigenvalue weighted by Crippen LogP contribution is 2.29. The van der Waals surface area contributed by atoms with Gasteiger partial charge in [0.05, 0.1) is 13.2 Å². The van der Waals surface area contributed by atoms with Crippen molar-refractivity contribution >= 4 is 35.0 Å². The fraction of sp³-hybridized carbons (Fsp3) is 0.481. The first-order chi connectivity index (χ1) is 16.4. The number of ether oxygens (including phenoxy) is 2. The average molecular weight is 524 g/mol. The van der Waals surface area contributed by atoms with Gasteiger partial charge in [0, 0.05) is 28.5 Å². The van der Waals surface area contributed by atoms with E-state index in [1.165, 1.54) is 0 Å². The van der Waals surface area contributed by atoms with Crippen molar-refractivity contribution in [1.82, 2.24) is 10.2 Å². The molecule has 1 N–H and O–H groups in total. The normalized spacial score (nSPS) is 12.1. The number of rotatable bonds is 11. The topological polar surface area (TPSA) is 67.9 Å². The second-order valence-corrected chi connectivity index (χ2v) is 10.2. The summed E-state index contributed by atoms with van der Waals surface area (Å²) in [7, 11) is 0. The zero-order chi connectivity index (χ0) is 26.2. The summed E-state index contributed by atoms with van der Waals surface area (Å²) in [6.07, 6.45) is 0.710. The highest BCUT2D eigenvalue weighted by atomic mass is 35.5. The van der Waals surface area contributed by atoms with Gasteiger partial charge < -0.3 is 19.7 Å². The number of nitrogens with zero attached hydrogens (tertiary/aromatic N) is 1. The summed E-state index contributed by atoms with van der Waals surface area (Å²) >= 11 is 12.4. The number of nitrogens with one attached hydrogen (secondary N) is 1. The molecule has 0 aliphatic heterocycles. The lowest BCUT2D eigenvalue weighted by atomic mass is 10.1. The van der Waals surface area contributed by atoms with E-state index in [9.17, 15) is 9.59 Å². The van der Waals surface area contributed by atoms with Crippen molar-refractivity contribution in [3.63, 3.8) is 0 Å². The summed E-state index contributed by atoms with van der Waals surface area (Å²) < 4.78 is 11.3. The third-order valence-electron chi connectivity index (χ3n) is 5.26. The maximum Gasteiger partial charge on any atom is 0.242 e. The van der Waals surface area contributed by atoms with Crippen molar-refractivity contribution in [2.75, 3.05) is 13.2 Å². The number of carbonyl (C=O) groups excluding carboxylic acids is 2. The van der Waals surface area contributed by atoms with Gasteiger partial charge in [-0.05, 0) is 83.4 Å². The molecule has 0 saturated carbocycles. The van der Waals surface area contributed by atoms with E-state index < -0.39 is 11.6 Å². The van der Waals surface area contributed by atoms with Crippen LogP contribution in [0, 0.1) is 0 Å². The standard InChI is InChI=1S/C27H36Cl2N2O4/c1-7-34-23-13-9-19(15-24(23)35-8-2)10-14-25(32)31(18(3)26(33)30-27(4,5)6)17-20-11-12-21(28)16-22(20)29/h9,11-13,15-16,18H,7-8,10,14,17H2,1-6H3,(H,30,33)/t18-/m0/s1. The Bertz CT molecular complexity index is 1020. The summed E-state index contributed by atoms with van der Waals surface area (Å²) in [6.45, 7) is 12.5. The van der Waals surface area contributed by atoms with Crippen LogP contribution in [0.4, 0.5) is 0 Å². The van der Waals surface area contributed by atoms with Gasteiger partial charge in [-0.15, -0.1) is 0 Å². The van der Waals surface area contributed by atoms with Crippen LogP contribution in [-0.2, 0) is 22.6 Å². The lowest BCUT2D eigenvalue weighted by molar-refractivity contribution is -0.141. The first kappa shape index (κ1) is 28.8. The third-order valence-corrected chi connectivity index (χ3v) is 5.84. The Morgan fingerprint density at radius 3 is 2.26 bits per heavy atom. The molecule has 2 rings (SSSR count). The van der Waals surface area contributed by atoms with Gasteiger partial charge in [0.2, 0.25) is 11.8 Å². The molecular weight excluding hydrogens is 487 g/mol. The molecule has 0 radical (unpaired) electrons. The first-order valence-electron chi connectivity index (χ1n) is 11.9. The van der Waals surface area contributed by atoms with E-state index in [1.54, 1.807) is 30.0 Å². The molecule has 2 amide bonds. The molecule has 8 heteroatoms. The van der Waals surface area contributed by atoms with Crippen LogP contribution in [0.5, 0.6) is 11.5 Å². The van der Waals surface area contributed by atoms with Crippen LogP contribution >= 0.6 is 23.2 Å². The van der Waals surface area contributed by atoms with Gasteiger partial charge in [-0.1, -0.05) is 35.3 Å². The minimum atomic E-state index is -0.687. The number of benzene rings is 2. The molecule has 2 aromatic rings. The number of carbonyl (C=O) groups is 2. The maximum atomic E-state index is 13.4. The molecular formula is C27H36Cl2N2O4. The second-order valence-electron chi connectivity index (χ2n) is 9.32. The summed E-state index contributed by atoms with van der Waals surface area (Å²) in [6, 6.07) is 10.1. The fourth-order valence-corrected chi connectivity index (χ4v) is 4.00. The molecule has 0 aliphatic carbocycles. The van der Waals surface area contributed by atoms with E-state index in [0.29, 0.717) is 41.2 Å². The molecule has 0 bridgehead atoms. The minimum absolute atomic E-state index is 0.153. The highest BCUT2D eigenvalue weighted by Gasteiger charge is 2.28. The Kier molecular flexibility index (Phi) is 10.7. The molecule has 0 saturated heterocycles. The van der Waals surface area contributed by atoms with Gasteiger partial charge in [0.25, 0.3) is 0 Å². The van der Waals surface area contributed by atoms with E-state index in [-0.39, 0.29) is 24.8 Å².